The standard InChI is InChI=1S/C25H33BrN2O3S/c1-4-5-6-7-14-31-23-12-11-19(16-22(23)26)24(29)28-25(32)27-20-9-8-10-21(17-20)30-15-13-18(2)3/h8-12,16-18H,4-7,13-15H2,1-3H3,(H2,27,28,29,32). The largest absolute Gasteiger partial charge is 0.494 e. The van der Waals surface area contributed by atoms with Gasteiger partial charge in [0.1, 0.15) is 11.5 Å². The van der Waals surface area contributed by atoms with Crippen LogP contribution in [0.5, 0.6) is 11.5 Å². The van der Waals surface area contributed by atoms with E-state index in [0.717, 1.165) is 40.9 Å². The molecular weight excluding hydrogens is 488 g/mol. The van der Waals surface area contributed by atoms with Crippen LogP contribution in [-0.4, -0.2) is 24.2 Å². The second-order valence-corrected chi connectivity index (χ2v) is 9.28. The number of benzene rings is 2. The third kappa shape index (κ3) is 9.57. The summed E-state index contributed by atoms with van der Waals surface area (Å²) >= 11 is 8.80. The highest BCUT2D eigenvalue weighted by Crippen LogP contribution is 2.26. The van der Waals surface area contributed by atoms with Gasteiger partial charge in [-0.25, -0.2) is 0 Å². The summed E-state index contributed by atoms with van der Waals surface area (Å²) in [7, 11) is 0. The van der Waals surface area contributed by atoms with Crippen molar-refractivity contribution in [3.63, 3.8) is 0 Å². The smallest absolute Gasteiger partial charge is 0.257 e. The summed E-state index contributed by atoms with van der Waals surface area (Å²) in [5, 5.41) is 5.97. The highest BCUT2D eigenvalue weighted by molar-refractivity contribution is 9.10. The third-order valence-corrected chi connectivity index (χ3v) is 5.56. The first-order valence-corrected chi connectivity index (χ1v) is 12.4. The van der Waals surface area contributed by atoms with Gasteiger partial charge in [0.15, 0.2) is 5.11 Å². The maximum Gasteiger partial charge on any atom is 0.257 e. The number of hydrogen-bond donors (Lipinski definition) is 2. The first-order chi connectivity index (χ1) is 15.4. The van der Waals surface area contributed by atoms with Gasteiger partial charge in [-0.15, -0.1) is 0 Å². The number of halogens is 1. The maximum absolute atomic E-state index is 12.6. The number of hydrogen-bond acceptors (Lipinski definition) is 4. The van der Waals surface area contributed by atoms with Gasteiger partial charge < -0.3 is 14.8 Å². The van der Waals surface area contributed by atoms with Gasteiger partial charge in [0.2, 0.25) is 0 Å². The quantitative estimate of drug-likeness (QED) is 0.234. The Kier molecular flexibility index (Phi) is 11.5. The molecule has 0 aliphatic rings. The van der Waals surface area contributed by atoms with Crippen molar-refractivity contribution in [2.75, 3.05) is 18.5 Å². The van der Waals surface area contributed by atoms with Crippen molar-refractivity contribution >= 4 is 44.9 Å². The lowest BCUT2D eigenvalue weighted by atomic mass is 10.1. The number of carbonyl (C=O) groups is 1. The third-order valence-electron chi connectivity index (χ3n) is 4.73. The van der Waals surface area contributed by atoms with Crippen LogP contribution in [-0.2, 0) is 0 Å². The molecule has 0 aliphatic carbocycles. The molecule has 0 unspecified atom stereocenters. The molecule has 0 saturated carbocycles. The summed E-state index contributed by atoms with van der Waals surface area (Å²) in [6.07, 6.45) is 5.58. The molecule has 0 aliphatic heterocycles. The van der Waals surface area contributed by atoms with Crippen LogP contribution in [0.15, 0.2) is 46.9 Å². The van der Waals surface area contributed by atoms with Crippen LogP contribution in [0.3, 0.4) is 0 Å². The number of unbranched alkanes of at least 4 members (excludes halogenated alkanes) is 3. The zero-order chi connectivity index (χ0) is 23.3. The molecular formula is C25H33BrN2O3S. The van der Waals surface area contributed by atoms with Crippen LogP contribution >= 0.6 is 28.1 Å². The van der Waals surface area contributed by atoms with Crippen LogP contribution in [0.4, 0.5) is 5.69 Å². The number of anilines is 1. The molecule has 5 nitrogen and oxygen atoms in total. The number of thiocarbonyl (C=S) groups is 1. The molecule has 0 bridgehead atoms. The number of ether oxygens (including phenoxy) is 2. The highest BCUT2D eigenvalue weighted by atomic mass is 79.9. The zero-order valence-corrected chi connectivity index (χ0v) is 21.5. The van der Waals surface area contributed by atoms with E-state index in [2.05, 4.69) is 47.3 Å². The fourth-order valence-corrected chi connectivity index (χ4v) is 3.59. The minimum atomic E-state index is -0.290. The highest BCUT2D eigenvalue weighted by Gasteiger charge is 2.11. The number of carbonyl (C=O) groups excluding carboxylic acids is 1. The Bertz CT molecular complexity index is 889. The van der Waals surface area contributed by atoms with E-state index in [9.17, 15) is 4.79 Å². The van der Waals surface area contributed by atoms with Crippen molar-refractivity contribution in [1.29, 1.82) is 0 Å². The van der Waals surface area contributed by atoms with Crippen molar-refractivity contribution in [2.24, 2.45) is 5.92 Å². The number of nitrogens with one attached hydrogen (secondary N) is 2. The van der Waals surface area contributed by atoms with Crippen molar-refractivity contribution in [2.45, 2.75) is 52.9 Å². The first-order valence-electron chi connectivity index (χ1n) is 11.2. The second kappa shape index (κ2) is 14.1. The summed E-state index contributed by atoms with van der Waals surface area (Å²) in [5.41, 5.74) is 1.25. The van der Waals surface area contributed by atoms with E-state index in [1.165, 1.54) is 12.8 Å². The minimum absolute atomic E-state index is 0.224. The molecule has 0 atom stereocenters. The van der Waals surface area contributed by atoms with E-state index < -0.39 is 0 Å². The molecule has 0 saturated heterocycles. The van der Waals surface area contributed by atoms with Gasteiger partial charge in [-0.2, -0.15) is 0 Å². The van der Waals surface area contributed by atoms with Crippen molar-refractivity contribution in [1.82, 2.24) is 5.32 Å². The number of rotatable bonds is 12. The topological polar surface area (TPSA) is 59.6 Å². The van der Waals surface area contributed by atoms with Gasteiger partial charge in [0.05, 0.1) is 17.7 Å². The fourth-order valence-electron chi connectivity index (χ4n) is 2.88. The van der Waals surface area contributed by atoms with Gasteiger partial charge in [-0.05, 0) is 77.2 Å². The molecule has 0 heterocycles. The molecule has 2 aromatic carbocycles. The van der Waals surface area contributed by atoms with E-state index in [1.54, 1.807) is 18.2 Å². The van der Waals surface area contributed by atoms with Crippen LogP contribution in [0.2, 0.25) is 0 Å². The molecule has 32 heavy (non-hydrogen) atoms. The van der Waals surface area contributed by atoms with Crippen molar-refractivity contribution in [3.05, 3.63) is 52.5 Å². The molecule has 0 spiro atoms. The molecule has 0 aromatic heterocycles. The lowest BCUT2D eigenvalue weighted by Gasteiger charge is -2.13. The van der Waals surface area contributed by atoms with E-state index >= 15 is 0 Å². The Morgan fingerprint density at radius 1 is 1.06 bits per heavy atom. The fraction of sp³-hybridized carbons (Fsp3) is 0.440. The van der Waals surface area contributed by atoms with Crippen LogP contribution in [0, 0.1) is 5.92 Å². The molecule has 0 radical (unpaired) electrons. The summed E-state index contributed by atoms with van der Waals surface area (Å²) < 4.78 is 12.3. The molecule has 7 heteroatoms. The summed E-state index contributed by atoms with van der Waals surface area (Å²) in [4.78, 5) is 12.6. The van der Waals surface area contributed by atoms with E-state index in [4.69, 9.17) is 21.7 Å². The average Bonchev–Trinajstić information content (AvgIpc) is 2.74. The molecule has 0 fully saturated rings. The Morgan fingerprint density at radius 3 is 2.59 bits per heavy atom. The van der Waals surface area contributed by atoms with E-state index in [-0.39, 0.29) is 11.0 Å². The second-order valence-electron chi connectivity index (χ2n) is 8.02. The molecule has 2 aromatic rings. The van der Waals surface area contributed by atoms with Gasteiger partial charge in [-0.3, -0.25) is 10.1 Å². The molecule has 1 amide bonds. The lowest BCUT2D eigenvalue weighted by molar-refractivity contribution is 0.0977. The Balaban J connectivity index is 1.85. The summed E-state index contributed by atoms with van der Waals surface area (Å²) in [5.74, 6) is 1.79. The SMILES string of the molecule is CCCCCCOc1ccc(C(=O)NC(=S)Nc2cccc(OCCC(C)C)c2)cc1Br. The van der Waals surface area contributed by atoms with Crippen LogP contribution in [0.1, 0.15) is 63.2 Å². The lowest BCUT2D eigenvalue weighted by Crippen LogP contribution is -2.34. The average molecular weight is 522 g/mol. The monoisotopic (exact) mass is 520 g/mol. The van der Waals surface area contributed by atoms with Gasteiger partial charge in [-0.1, -0.05) is 46.1 Å². The van der Waals surface area contributed by atoms with Gasteiger partial charge in [0.25, 0.3) is 5.91 Å². The molecule has 2 N–H and O–H groups in total. The van der Waals surface area contributed by atoms with E-state index in [0.29, 0.717) is 24.7 Å². The molecule has 174 valence electrons. The Labute approximate surface area is 205 Å². The molecule has 2 rings (SSSR count). The van der Waals surface area contributed by atoms with Gasteiger partial charge in [0, 0.05) is 17.3 Å². The maximum atomic E-state index is 12.6. The summed E-state index contributed by atoms with van der Waals surface area (Å²) in [6, 6.07) is 12.8. The Hall–Kier alpha value is -2.12. The van der Waals surface area contributed by atoms with E-state index in [1.807, 2.05) is 24.3 Å². The predicted octanol–water partition coefficient (Wildman–Crippen LogP) is 6.96. The summed E-state index contributed by atoms with van der Waals surface area (Å²) in [6.45, 7) is 7.84. The Morgan fingerprint density at radius 2 is 1.88 bits per heavy atom. The van der Waals surface area contributed by atoms with Crippen molar-refractivity contribution in [3.8, 4) is 11.5 Å². The van der Waals surface area contributed by atoms with Crippen LogP contribution < -0.4 is 20.1 Å². The van der Waals surface area contributed by atoms with Crippen LogP contribution in [0.25, 0.3) is 0 Å². The first kappa shape index (κ1) is 26.1. The number of amides is 1. The van der Waals surface area contributed by atoms with Crippen molar-refractivity contribution < 1.29 is 14.3 Å². The predicted molar refractivity (Wildman–Crippen MR) is 139 cm³/mol. The normalized spacial score (nSPS) is 10.7. The van der Waals surface area contributed by atoms with Gasteiger partial charge >= 0.3 is 0 Å². The zero-order valence-electron chi connectivity index (χ0n) is 19.1. The minimum Gasteiger partial charge on any atom is -0.494 e.